The van der Waals surface area contributed by atoms with Gasteiger partial charge in [0.05, 0.1) is 11.0 Å². The molecule has 0 radical (unpaired) electrons. The molecule has 1 aromatic heterocycles. The maximum Gasteiger partial charge on any atom is 0.111 e. The number of aromatic nitrogens is 2. The molecule has 1 unspecified atom stereocenters. The van der Waals surface area contributed by atoms with E-state index in [9.17, 15) is 0 Å². The van der Waals surface area contributed by atoms with Gasteiger partial charge >= 0.3 is 0 Å². The lowest BCUT2D eigenvalue weighted by atomic mass is 10.0. The highest BCUT2D eigenvalue weighted by atomic mass is 35.5. The summed E-state index contributed by atoms with van der Waals surface area (Å²) in [4.78, 5) is 4.73. The molecule has 2 nitrogen and oxygen atoms in total. The van der Waals surface area contributed by atoms with Crippen molar-refractivity contribution in [3.63, 3.8) is 0 Å². The zero-order chi connectivity index (χ0) is 15.4. The van der Waals surface area contributed by atoms with Crippen molar-refractivity contribution in [1.82, 2.24) is 9.55 Å². The molecule has 0 amide bonds. The molecule has 0 fully saturated rings. The molecular weight excluding hydrogens is 303 g/mol. The Morgan fingerprint density at radius 3 is 2.62 bits per heavy atom. The average Bonchev–Trinajstić information content (AvgIpc) is 2.76. The Morgan fingerprint density at radius 2 is 1.95 bits per heavy atom. The normalized spacial score (nSPS) is 13.2. The number of fused-ring (bicyclic) bond motifs is 1. The van der Waals surface area contributed by atoms with Crippen LogP contribution in [0.4, 0.5) is 0 Å². The molecule has 0 bridgehead atoms. The van der Waals surface area contributed by atoms with Crippen molar-refractivity contribution in [2.45, 2.75) is 52.5 Å². The van der Waals surface area contributed by atoms with Crippen LogP contribution in [0.1, 0.15) is 51.9 Å². The van der Waals surface area contributed by atoms with Gasteiger partial charge in [0.25, 0.3) is 0 Å². The Morgan fingerprint density at radius 1 is 1.19 bits per heavy atom. The summed E-state index contributed by atoms with van der Waals surface area (Å²) in [7, 11) is 0. The van der Waals surface area contributed by atoms with Crippen LogP contribution in [0.2, 0.25) is 5.02 Å². The number of hydrogen-bond donors (Lipinski definition) is 0. The van der Waals surface area contributed by atoms with E-state index < -0.39 is 0 Å². The first-order chi connectivity index (χ1) is 10.0. The van der Waals surface area contributed by atoms with Crippen LogP contribution in [0, 0.1) is 5.92 Å². The molecule has 2 rings (SSSR count). The number of rotatable bonds is 7. The zero-order valence-corrected chi connectivity index (χ0v) is 14.6. The number of imidazole rings is 1. The molecule has 0 spiro atoms. The van der Waals surface area contributed by atoms with Gasteiger partial charge in [-0.25, -0.2) is 4.98 Å². The number of hydrogen-bond acceptors (Lipinski definition) is 1. The molecule has 2 aromatic rings. The van der Waals surface area contributed by atoms with Gasteiger partial charge < -0.3 is 4.57 Å². The monoisotopic (exact) mass is 326 g/mol. The van der Waals surface area contributed by atoms with E-state index in [0.717, 1.165) is 40.6 Å². The molecule has 1 heterocycles. The van der Waals surface area contributed by atoms with E-state index in [1.165, 1.54) is 12.8 Å². The minimum absolute atomic E-state index is 0.422. The Kier molecular flexibility index (Phi) is 5.95. The first-order valence-electron chi connectivity index (χ1n) is 7.75. The Bertz CT molecular complexity index is 590. The van der Waals surface area contributed by atoms with E-state index in [2.05, 4.69) is 25.3 Å². The van der Waals surface area contributed by atoms with E-state index >= 15 is 0 Å². The first-order valence-corrected chi connectivity index (χ1v) is 8.66. The topological polar surface area (TPSA) is 17.8 Å². The molecule has 0 aliphatic carbocycles. The van der Waals surface area contributed by atoms with E-state index in [0.29, 0.717) is 11.9 Å². The number of nitrogens with zero attached hydrogens (tertiary/aromatic N) is 2. The third-order valence-electron chi connectivity index (χ3n) is 3.89. The maximum atomic E-state index is 6.16. The van der Waals surface area contributed by atoms with Crippen molar-refractivity contribution in [3.8, 4) is 0 Å². The van der Waals surface area contributed by atoms with Crippen LogP contribution >= 0.6 is 23.2 Å². The fraction of sp³-hybridized carbons (Fsp3) is 0.588. The van der Waals surface area contributed by atoms with Gasteiger partial charge in [-0.05, 0) is 37.5 Å². The first kappa shape index (κ1) is 16.6. The fourth-order valence-corrected chi connectivity index (χ4v) is 3.15. The smallest absolute Gasteiger partial charge is 0.111 e. The van der Waals surface area contributed by atoms with Crippen LogP contribution in [-0.4, -0.2) is 15.4 Å². The predicted molar refractivity (Wildman–Crippen MR) is 92.6 cm³/mol. The number of halogens is 2. The third kappa shape index (κ3) is 4.14. The van der Waals surface area contributed by atoms with Gasteiger partial charge in [0.15, 0.2) is 0 Å². The SMILES string of the molecule is CC(C)CCCC(C)n1c(CCCl)nc2ccc(Cl)cc21. The van der Waals surface area contributed by atoms with Crippen molar-refractivity contribution >= 4 is 34.2 Å². The lowest BCUT2D eigenvalue weighted by molar-refractivity contribution is 0.445. The highest BCUT2D eigenvalue weighted by molar-refractivity contribution is 6.31. The predicted octanol–water partition coefficient (Wildman–Crippen LogP) is 5.86. The van der Waals surface area contributed by atoms with Crippen LogP contribution in [0.5, 0.6) is 0 Å². The molecule has 0 saturated carbocycles. The second-order valence-electron chi connectivity index (χ2n) is 6.14. The quantitative estimate of drug-likeness (QED) is 0.583. The molecule has 116 valence electrons. The summed E-state index contributed by atoms with van der Waals surface area (Å²) in [5.41, 5.74) is 2.13. The summed E-state index contributed by atoms with van der Waals surface area (Å²) < 4.78 is 2.32. The summed E-state index contributed by atoms with van der Waals surface area (Å²) in [5.74, 6) is 2.42. The van der Waals surface area contributed by atoms with Crippen molar-refractivity contribution in [2.24, 2.45) is 5.92 Å². The Hall–Kier alpha value is -0.730. The highest BCUT2D eigenvalue weighted by Gasteiger charge is 2.16. The molecule has 21 heavy (non-hydrogen) atoms. The van der Waals surface area contributed by atoms with Crippen molar-refractivity contribution < 1.29 is 0 Å². The van der Waals surface area contributed by atoms with Gasteiger partial charge in [-0.1, -0.05) is 38.3 Å². The summed E-state index contributed by atoms with van der Waals surface area (Å²) in [6, 6.07) is 6.33. The van der Waals surface area contributed by atoms with Gasteiger partial charge in [0.1, 0.15) is 5.82 Å². The summed E-state index contributed by atoms with van der Waals surface area (Å²) in [6.45, 7) is 6.81. The van der Waals surface area contributed by atoms with Crippen molar-refractivity contribution in [2.75, 3.05) is 5.88 Å². The zero-order valence-electron chi connectivity index (χ0n) is 13.1. The van der Waals surface area contributed by atoms with E-state index in [-0.39, 0.29) is 0 Å². The largest absolute Gasteiger partial charge is 0.325 e. The molecule has 4 heteroatoms. The Labute approximate surface area is 137 Å². The van der Waals surface area contributed by atoms with E-state index in [4.69, 9.17) is 28.2 Å². The lowest BCUT2D eigenvalue weighted by Crippen LogP contribution is -2.10. The summed E-state index contributed by atoms with van der Waals surface area (Å²) in [6.07, 6.45) is 4.45. The van der Waals surface area contributed by atoms with Crippen LogP contribution in [0.15, 0.2) is 18.2 Å². The second-order valence-corrected chi connectivity index (χ2v) is 6.96. The van der Waals surface area contributed by atoms with Crippen LogP contribution in [0.3, 0.4) is 0 Å². The molecule has 1 atom stereocenters. The van der Waals surface area contributed by atoms with E-state index in [1.807, 2.05) is 18.2 Å². The van der Waals surface area contributed by atoms with Crippen LogP contribution < -0.4 is 0 Å². The molecule has 0 aliphatic heterocycles. The van der Waals surface area contributed by atoms with E-state index in [1.54, 1.807) is 0 Å². The third-order valence-corrected chi connectivity index (χ3v) is 4.31. The molecule has 0 N–H and O–H groups in total. The standard InChI is InChI=1S/C17H24Cl2N2/c1-12(2)5-4-6-13(3)21-16-11-14(19)7-8-15(16)20-17(21)9-10-18/h7-8,11-13H,4-6,9-10H2,1-3H3. The molecule has 0 aliphatic rings. The highest BCUT2D eigenvalue weighted by Crippen LogP contribution is 2.27. The summed E-state index contributed by atoms with van der Waals surface area (Å²) >= 11 is 12.1. The molecule has 1 aromatic carbocycles. The summed E-state index contributed by atoms with van der Waals surface area (Å²) in [5, 5.41) is 0.760. The second kappa shape index (κ2) is 7.51. The molecule has 0 saturated heterocycles. The fourth-order valence-electron chi connectivity index (χ4n) is 2.82. The van der Waals surface area contributed by atoms with Crippen molar-refractivity contribution in [3.05, 3.63) is 29.0 Å². The molecular formula is C17H24Cl2N2. The van der Waals surface area contributed by atoms with Crippen LogP contribution in [-0.2, 0) is 6.42 Å². The van der Waals surface area contributed by atoms with Gasteiger partial charge in [-0.15, -0.1) is 11.6 Å². The average molecular weight is 327 g/mol. The minimum atomic E-state index is 0.422. The van der Waals surface area contributed by atoms with Crippen molar-refractivity contribution in [1.29, 1.82) is 0 Å². The lowest BCUT2D eigenvalue weighted by Gasteiger charge is -2.18. The van der Waals surface area contributed by atoms with Gasteiger partial charge in [-0.2, -0.15) is 0 Å². The van der Waals surface area contributed by atoms with Gasteiger partial charge in [-0.3, -0.25) is 0 Å². The number of alkyl halides is 1. The van der Waals surface area contributed by atoms with Gasteiger partial charge in [0.2, 0.25) is 0 Å². The minimum Gasteiger partial charge on any atom is -0.325 e. The number of aryl methyl sites for hydroxylation is 1. The van der Waals surface area contributed by atoms with Crippen LogP contribution in [0.25, 0.3) is 11.0 Å². The van der Waals surface area contributed by atoms with Gasteiger partial charge in [0, 0.05) is 23.4 Å². The Balaban J connectivity index is 2.30. The number of benzene rings is 1. The maximum absolute atomic E-state index is 6.16.